The number of carbonyl (C=O) groups is 1. The largest absolute Gasteiger partial charge is 0.283 e. The molecule has 0 saturated carbocycles. The molecule has 0 spiro atoms. The average molecular weight is 506 g/mol. The van der Waals surface area contributed by atoms with Gasteiger partial charge in [0.1, 0.15) is 5.75 Å². The second-order valence-corrected chi connectivity index (χ2v) is 11.0. The molecular weight excluding hydrogens is 489 g/mol. The quantitative estimate of drug-likeness (QED) is 0.354. The zero-order valence-corrected chi connectivity index (χ0v) is 20.0. The molecule has 0 saturated heterocycles. The van der Waals surface area contributed by atoms with E-state index in [9.17, 15) is 13.2 Å². The van der Waals surface area contributed by atoms with Crippen molar-refractivity contribution < 1.29 is 13.2 Å². The standard InChI is InChI=1S/C22H17Cl2N3O3S2/c1-14-9-17(24)10-19-21(14)26-22(31-19)27(12-15-3-2-8-25-11-15)20(28)13-32(29,30)18-6-4-16(23)5-7-18/h2-11H,12-13H2,1H3. The molecule has 2 aromatic carbocycles. The maximum absolute atomic E-state index is 13.3. The van der Waals surface area contributed by atoms with Crippen molar-refractivity contribution in [2.75, 3.05) is 10.7 Å². The Bertz CT molecular complexity index is 1390. The van der Waals surface area contributed by atoms with Gasteiger partial charge >= 0.3 is 0 Å². The van der Waals surface area contributed by atoms with Crippen LogP contribution in [0.15, 0.2) is 65.8 Å². The minimum Gasteiger partial charge on any atom is -0.283 e. The molecule has 6 nitrogen and oxygen atoms in total. The van der Waals surface area contributed by atoms with Gasteiger partial charge in [0, 0.05) is 22.4 Å². The third-order valence-corrected chi connectivity index (χ3v) is 7.83. The third kappa shape index (κ3) is 4.94. The number of halogens is 2. The number of aryl methyl sites for hydroxylation is 1. The highest BCUT2D eigenvalue weighted by Gasteiger charge is 2.27. The lowest BCUT2D eigenvalue weighted by molar-refractivity contribution is -0.116. The van der Waals surface area contributed by atoms with E-state index >= 15 is 0 Å². The topological polar surface area (TPSA) is 80.2 Å². The lowest BCUT2D eigenvalue weighted by Gasteiger charge is -2.20. The fourth-order valence-corrected chi connectivity index (χ4v) is 5.92. The first-order valence-corrected chi connectivity index (χ1v) is 12.7. The normalized spacial score (nSPS) is 11.6. The number of pyridine rings is 1. The van der Waals surface area contributed by atoms with Crippen LogP contribution in [0.1, 0.15) is 11.1 Å². The van der Waals surface area contributed by atoms with Crippen LogP contribution in [0.3, 0.4) is 0 Å². The fourth-order valence-electron chi connectivity index (χ4n) is 3.16. The zero-order chi connectivity index (χ0) is 22.9. The van der Waals surface area contributed by atoms with Gasteiger partial charge in [0.25, 0.3) is 0 Å². The van der Waals surface area contributed by atoms with Crippen molar-refractivity contribution >= 4 is 65.6 Å². The first-order valence-electron chi connectivity index (χ1n) is 9.47. The van der Waals surface area contributed by atoms with E-state index in [0.29, 0.717) is 15.2 Å². The van der Waals surface area contributed by atoms with Gasteiger partial charge < -0.3 is 0 Å². The molecule has 10 heteroatoms. The molecule has 4 rings (SSSR count). The summed E-state index contributed by atoms with van der Waals surface area (Å²) in [6, 6.07) is 12.9. The van der Waals surface area contributed by atoms with Gasteiger partial charge in [-0.25, -0.2) is 13.4 Å². The highest BCUT2D eigenvalue weighted by Crippen LogP contribution is 2.34. The Hall–Kier alpha value is -2.52. The maximum Gasteiger partial charge on any atom is 0.244 e. The van der Waals surface area contributed by atoms with Crippen LogP contribution in [0.25, 0.3) is 10.2 Å². The van der Waals surface area contributed by atoms with Crippen molar-refractivity contribution in [3.05, 3.63) is 82.1 Å². The van der Waals surface area contributed by atoms with Gasteiger partial charge in [-0.3, -0.25) is 14.7 Å². The van der Waals surface area contributed by atoms with E-state index in [4.69, 9.17) is 23.2 Å². The SMILES string of the molecule is Cc1cc(Cl)cc2sc(N(Cc3cccnc3)C(=O)CS(=O)(=O)c3ccc(Cl)cc3)nc12. The summed E-state index contributed by atoms with van der Waals surface area (Å²) < 4.78 is 26.6. The third-order valence-electron chi connectivity index (χ3n) is 4.72. The van der Waals surface area contributed by atoms with E-state index in [1.807, 2.05) is 13.0 Å². The molecule has 164 valence electrons. The lowest BCUT2D eigenvalue weighted by Crippen LogP contribution is -2.35. The van der Waals surface area contributed by atoms with E-state index in [0.717, 1.165) is 21.3 Å². The van der Waals surface area contributed by atoms with Crippen LogP contribution in [0, 0.1) is 6.92 Å². The number of carbonyl (C=O) groups excluding carboxylic acids is 1. The number of rotatable bonds is 6. The molecule has 0 radical (unpaired) electrons. The average Bonchev–Trinajstić information content (AvgIpc) is 3.16. The molecule has 32 heavy (non-hydrogen) atoms. The van der Waals surface area contributed by atoms with Crippen molar-refractivity contribution in [1.29, 1.82) is 0 Å². The Kier molecular flexibility index (Phi) is 6.48. The van der Waals surface area contributed by atoms with E-state index in [-0.39, 0.29) is 11.4 Å². The summed E-state index contributed by atoms with van der Waals surface area (Å²) in [6.07, 6.45) is 3.26. The fraction of sp³-hybridized carbons (Fsp3) is 0.136. The van der Waals surface area contributed by atoms with Gasteiger partial charge in [0.2, 0.25) is 5.91 Å². The number of nitrogens with zero attached hydrogens (tertiary/aromatic N) is 3. The molecule has 0 aliphatic heterocycles. The van der Waals surface area contributed by atoms with Crippen LogP contribution >= 0.6 is 34.5 Å². The van der Waals surface area contributed by atoms with Gasteiger partial charge in [0.15, 0.2) is 15.0 Å². The van der Waals surface area contributed by atoms with Crippen LogP contribution in [0.5, 0.6) is 0 Å². The number of aromatic nitrogens is 2. The zero-order valence-electron chi connectivity index (χ0n) is 16.8. The van der Waals surface area contributed by atoms with Crippen LogP contribution in [-0.4, -0.2) is 30.0 Å². The van der Waals surface area contributed by atoms with E-state index < -0.39 is 21.5 Å². The summed E-state index contributed by atoms with van der Waals surface area (Å²) in [5.41, 5.74) is 2.34. The number of hydrogen-bond donors (Lipinski definition) is 0. The summed E-state index contributed by atoms with van der Waals surface area (Å²) >= 11 is 13.3. The van der Waals surface area contributed by atoms with Gasteiger partial charge in [0.05, 0.1) is 21.7 Å². The number of amides is 1. The van der Waals surface area contributed by atoms with Crippen molar-refractivity contribution in [1.82, 2.24) is 9.97 Å². The van der Waals surface area contributed by atoms with E-state index in [1.165, 1.54) is 40.5 Å². The Balaban J connectivity index is 1.71. The first-order chi connectivity index (χ1) is 15.2. The molecule has 0 bridgehead atoms. The summed E-state index contributed by atoms with van der Waals surface area (Å²) in [4.78, 5) is 23.4. The monoisotopic (exact) mass is 505 g/mol. The smallest absolute Gasteiger partial charge is 0.244 e. The molecule has 0 unspecified atom stereocenters. The highest BCUT2D eigenvalue weighted by molar-refractivity contribution is 7.92. The maximum atomic E-state index is 13.3. The molecule has 0 fully saturated rings. The first kappa shape index (κ1) is 22.7. The molecule has 2 aromatic heterocycles. The molecule has 0 aliphatic rings. The van der Waals surface area contributed by atoms with Crippen molar-refractivity contribution in [2.45, 2.75) is 18.4 Å². The number of anilines is 1. The minimum absolute atomic E-state index is 0.0310. The predicted molar refractivity (Wildman–Crippen MR) is 128 cm³/mol. The van der Waals surface area contributed by atoms with Crippen LogP contribution in [-0.2, 0) is 21.2 Å². The van der Waals surface area contributed by atoms with Gasteiger partial charge in [-0.05, 0) is 60.5 Å². The summed E-state index contributed by atoms with van der Waals surface area (Å²) in [6.45, 7) is 2.02. The summed E-state index contributed by atoms with van der Waals surface area (Å²) in [7, 11) is -3.88. The second kappa shape index (κ2) is 9.15. The van der Waals surface area contributed by atoms with Crippen LogP contribution < -0.4 is 4.90 Å². The molecule has 0 atom stereocenters. The predicted octanol–water partition coefficient (Wildman–Crippen LogP) is 5.31. The van der Waals surface area contributed by atoms with Gasteiger partial charge in [-0.1, -0.05) is 40.6 Å². The van der Waals surface area contributed by atoms with E-state index in [1.54, 1.807) is 30.6 Å². The van der Waals surface area contributed by atoms with Gasteiger partial charge in [-0.15, -0.1) is 0 Å². The number of sulfone groups is 1. The van der Waals surface area contributed by atoms with Crippen LogP contribution in [0.2, 0.25) is 10.0 Å². The highest BCUT2D eigenvalue weighted by atomic mass is 35.5. The van der Waals surface area contributed by atoms with Crippen LogP contribution in [0.4, 0.5) is 5.13 Å². The van der Waals surface area contributed by atoms with Gasteiger partial charge in [-0.2, -0.15) is 0 Å². The Morgan fingerprint density at radius 2 is 1.84 bits per heavy atom. The molecule has 2 heterocycles. The number of fused-ring (bicyclic) bond motifs is 1. The summed E-state index contributed by atoms with van der Waals surface area (Å²) in [5.74, 6) is -1.29. The Morgan fingerprint density at radius 1 is 1.09 bits per heavy atom. The Morgan fingerprint density at radius 3 is 2.53 bits per heavy atom. The molecule has 0 aliphatic carbocycles. The Labute approximate surface area is 199 Å². The van der Waals surface area contributed by atoms with Crippen molar-refractivity contribution in [3.63, 3.8) is 0 Å². The number of benzene rings is 2. The van der Waals surface area contributed by atoms with Crippen molar-refractivity contribution in [2.24, 2.45) is 0 Å². The summed E-state index contributed by atoms with van der Waals surface area (Å²) in [5, 5.41) is 1.38. The lowest BCUT2D eigenvalue weighted by atomic mass is 10.2. The minimum atomic E-state index is -3.88. The molecule has 4 aromatic rings. The van der Waals surface area contributed by atoms with Crippen molar-refractivity contribution in [3.8, 4) is 0 Å². The number of thiazole rings is 1. The number of hydrogen-bond acceptors (Lipinski definition) is 6. The van der Waals surface area contributed by atoms with E-state index in [2.05, 4.69) is 9.97 Å². The molecule has 1 amide bonds. The molecule has 0 N–H and O–H groups in total. The molecular formula is C22H17Cl2N3O3S2. The second-order valence-electron chi connectivity index (χ2n) is 7.12.